The summed E-state index contributed by atoms with van der Waals surface area (Å²) in [7, 11) is 0. The van der Waals surface area contributed by atoms with Gasteiger partial charge in [-0.25, -0.2) is 4.98 Å². The maximum absolute atomic E-state index is 4.59. The van der Waals surface area contributed by atoms with Crippen LogP contribution in [0.25, 0.3) is 10.8 Å². The Morgan fingerprint density at radius 1 is 1.13 bits per heavy atom. The second kappa shape index (κ2) is 3.60. The molecular formula is C13H14BrN. The van der Waals surface area contributed by atoms with Gasteiger partial charge in [-0.2, -0.15) is 0 Å². The molecule has 15 heavy (non-hydrogen) atoms. The van der Waals surface area contributed by atoms with Crippen LogP contribution in [-0.2, 0) is 5.41 Å². The maximum Gasteiger partial charge on any atom is 0.107 e. The van der Waals surface area contributed by atoms with Crippen LogP contribution in [-0.4, -0.2) is 4.98 Å². The summed E-state index contributed by atoms with van der Waals surface area (Å²) in [6, 6.07) is 10.4. The highest BCUT2D eigenvalue weighted by Crippen LogP contribution is 2.29. The van der Waals surface area contributed by atoms with Crippen LogP contribution in [0.5, 0.6) is 0 Å². The molecular weight excluding hydrogens is 250 g/mol. The first-order valence-electron chi connectivity index (χ1n) is 5.04. The molecule has 1 heterocycles. The summed E-state index contributed by atoms with van der Waals surface area (Å²) in [5.41, 5.74) is 1.22. The van der Waals surface area contributed by atoms with Gasteiger partial charge >= 0.3 is 0 Å². The van der Waals surface area contributed by atoms with Crippen molar-refractivity contribution in [2.75, 3.05) is 0 Å². The minimum absolute atomic E-state index is 0.0728. The average molecular weight is 264 g/mol. The molecule has 2 rings (SSSR count). The van der Waals surface area contributed by atoms with Crippen molar-refractivity contribution in [3.63, 3.8) is 0 Å². The van der Waals surface area contributed by atoms with Crippen LogP contribution in [0.3, 0.4) is 0 Å². The van der Waals surface area contributed by atoms with E-state index in [1.807, 2.05) is 0 Å². The summed E-state index contributed by atoms with van der Waals surface area (Å²) in [5, 5.41) is 2.48. The second-order valence-corrected chi connectivity index (χ2v) is 5.58. The van der Waals surface area contributed by atoms with Crippen molar-refractivity contribution in [3.8, 4) is 0 Å². The van der Waals surface area contributed by atoms with E-state index in [9.17, 15) is 0 Å². The first kappa shape index (κ1) is 10.6. The minimum Gasteiger partial charge on any atom is -0.245 e. The zero-order valence-electron chi connectivity index (χ0n) is 9.21. The van der Waals surface area contributed by atoms with Crippen LogP contribution >= 0.6 is 15.9 Å². The quantitative estimate of drug-likeness (QED) is 0.646. The Hall–Kier alpha value is -0.890. The Bertz CT molecular complexity index is 497. The molecule has 0 amide bonds. The maximum atomic E-state index is 4.59. The van der Waals surface area contributed by atoms with Crippen molar-refractivity contribution in [3.05, 3.63) is 40.6 Å². The first-order valence-corrected chi connectivity index (χ1v) is 5.83. The highest BCUT2D eigenvalue weighted by molar-refractivity contribution is 9.10. The smallest absolute Gasteiger partial charge is 0.107 e. The Morgan fingerprint density at radius 2 is 1.80 bits per heavy atom. The zero-order chi connectivity index (χ0) is 11.1. The molecule has 0 radical (unpaired) electrons. The lowest BCUT2D eigenvalue weighted by Gasteiger charge is -2.20. The Kier molecular flexibility index (Phi) is 2.55. The number of nitrogens with zero attached hydrogens (tertiary/aromatic N) is 1. The molecule has 0 saturated heterocycles. The number of pyridine rings is 1. The minimum atomic E-state index is 0.0728. The molecule has 1 aromatic heterocycles. The van der Waals surface area contributed by atoms with Gasteiger partial charge in [-0.1, -0.05) is 45.0 Å². The molecule has 0 aliphatic carbocycles. The Balaban J connectivity index is 2.83. The van der Waals surface area contributed by atoms with E-state index in [1.165, 1.54) is 10.8 Å². The highest BCUT2D eigenvalue weighted by Gasteiger charge is 2.18. The van der Waals surface area contributed by atoms with Gasteiger partial charge in [0.05, 0.1) is 5.69 Å². The molecule has 0 N–H and O–H groups in total. The van der Waals surface area contributed by atoms with Crippen LogP contribution in [0.2, 0.25) is 0 Å². The number of hydrogen-bond acceptors (Lipinski definition) is 1. The molecule has 1 aromatic carbocycles. The molecule has 0 saturated carbocycles. The van der Waals surface area contributed by atoms with E-state index >= 15 is 0 Å². The van der Waals surface area contributed by atoms with Gasteiger partial charge in [0.25, 0.3) is 0 Å². The van der Waals surface area contributed by atoms with Gasteiger partial charge in [0.1, 0.15) is 4.60 Å². The zero-order valence-corrected chi connectivity index (χ0v) is 10.8. The lowest BCUT2D eigenvalue weighted by atomic mass is 9.88. The Morgan fingerprint density at radius 3 is 2.47 bits per heavy atom. The molecule has 0 bridgehead atoms. The topological polar surface area (TPSA) is 12.9 Å². The summed E-state index contributed by atoms with van der Waals surface area (Å²) in [6.07, 6.45) is 0. The van der Waals surface area contributed by atoms with Gasteiger partial charge in [0.15, 0.2) is 0 Å². The van der Waals surface area contributed by atoms with Crippen LogP contribution in [0.4, 0.5) is 0 Å². The van der Waals surface area contributed by atoms with E-state index < -0.39 is 0 Å². The lowest BCUT2D eigenvalue weighted by molar-refractivity contribution is 0.574. The molecule has 0 unspecified atom stereocenters. The van der Waals surface area contributed by atoms with Crippen LogP contribution in [0, 0.1) is 0 Å². The number of halogens is 1. The number of benzene rings is 1. The fourth-order valence-electron chi connectivity index (χ4n) is 1.74. The molecule has 0 atom stereocenters. The standard InChI is InChI=1S/C13H14BrN/c1-13(2,3)12-10-7-5-4-6-9(10)8-11(14)15-12/h4-8H,1-3H3. The monoisotopic (exact) mass is 263 g/mol. The molecule has 0 aliphatic rings. The summed E-state index contributed by atoms with van der Waals surface area (Å²) in [4.78, 5) is 4.59. The second-order valence-electron chi connectivity index (χ2n) is 4.76. The number of rotatable bonds is 0. The fraction of sp³-hybridized carbons (Fsp3) is 0.308. The molecule has 78 valence electrons. The third-order valence-corrected chi connectivity index (χ3v) is 2.83. The summed E-state index contributed by atoms with van der Waals surface area (Å²) in [6.45, 7) is 6.57. The largest absolute Gasteiger partial charge is 0.245 e. The van der Waals surface area contributed by atoms with Crippen molar-refractivity contribution in [2.45, 2.75) is 26.2 Å². The molecule has 0 aliphatic heterocycles. The number of fused-ring (bicyclic) bond motifs is 1. The number of hydrogen-bond donors (Lipinski definition) is 0. The third-order valence-electron chi connectivity index (χ3n) is 2.42. The van der Waals surface area contributed by atoms with Crippen molar-refractivity contribution >= 4 is 26.7 Å². The molecule has 0 spiro atoms. The third kappa shape index (κ3) is 2.05. The first-order chi connectivity index (χ1) is 6.98. The summed E-state index contributed by atoms with van der Waals surface area (Å²) >= 11 is 3.46. The summed E-state index contributed by atoms with van der Waals surface area (Å²) in [5.74, 6) is 0. The van der Waals surface area contributed by atoms with Crippen LogP contribution in [0.15, 0.2) is 34.9 Å². The van der Waals surface area contributed by atoms with Crippen LogP contribution < -0.4 is 0 Å². The van der Waals surface area contributed by atoms with E-state index in [2.05, 4.69) is 72.0 Å². The van der Waals surface area contributed by atoms with E-state index in [0.717, 1.165) is 10.3 Å². The van der Waals surface area contributed by atoms with Crippen molar-refractivity contribution in [1.29, 1.82) is 0 Å². The van der Waals surface area contributed by atoms with E-state index in [-0.39, 0.29) is 5.41 Å². The predicted molar refractivity (Wildman–Crippen MR) is 68.1 cm³/mol. The molecule has 1 nitrogen and oxygen atoms in total. The highest BCUT2D eigenvalue weighted by atomic mass is 79.9. The van der Waals surface area contributed by atoms with Crippen molar-refractivity contribution in [2.24, 2.45) is 0 Å². The van der Waals surface area contributed by atoms with Gasteiger partial charge in [-0.3, -0.25) is 0 Å². The van der Waals surface area contributed by atoms with Crippen molar-refractivity contribution in [1.82, 2.24) is 4.98 Å². The normalized spacial score (nSPS) is 12.0. The van der Waals surface area contributed by atoms with Crippen molar-refractivity contribution < 1.29 is 0 Å². The molecule has 0 fully saturated rings. The van der Waals surface area contributed by atoms with Gasteiger partial charge < -0.3 is 0 Å². The van der Waals surface area contributed by atoms with Gasteiger partial charge in [-0.05, 0) is 27.4 Å². The Labute approximate surface area is 98.7 Å². The SMILES string of the molecule is CC(C)(C)c1nc(Br)cc2ccccc12. The molecule has 2 aromatic rings. The number of aromatic nitrogens is 1. The van der Waals surface area contributed by atoms with E-state index in [1.54, 1.807) is 0 Å². The van der Waals surface area contributed by atoms with E-state index in [4.69, 9.17) is 0 Å². The van der Waals surface area contributed by atoms with Gasteiger partial charge in [0.2, 0.25) is 0 Å². The summed E-state index contributed by atoms with van der Waals surface area (Å²) < 4.78 is 0.908. The predicted octanol–water partition coefficient (Wildman–Crippen LogP) is 4.29. The molecule has 2 heteroatoms. The van der Waals surface area contributed by atoms with E-state index in [0.29, 0.717) is 0 Å². The van der Waals surface area contributed by atoms with Crippen LogP contribution in [0.1, 0.15) is 26.5 Å². The average Bonchev–Trinajstić information content (AvgIpc) is 2.15. The van der Waals surface area contributed by atoms with Gasteiger partial charge in [-0.15, -0.1) is 0 Å². The van der Waals surface area contributed by atoms with Gasteiger partial charge in [0, 0.05) is 10.8 Å². The fourth-order valence-corrected chi connectivity index (χ4v) is 2.16. The lowest BCUT2D eigenvalue weighted by Crippen LogP contribution is -2.14.